The van der Waals surface area contributed by atoms with Gasteiger partial charge in [0.15, 0.2) is 0 Å². The van der Waals surface area contributed by atoms with Gasteiger partial charge in [-0.1, -0.05) is 19.9 Å². The van der Waals surface area contributed by atoms with Crippen LogP contribution in [0.15, 0.2) is 54.7 Å². The molecule has 0 amide bonds. The van der Waals surface area contributed by atoms with E-state index in [1.807, 2.05) is 24.3 Å². The Labute approximate surface area is 143 Å². The second-order valence-corrected chi connectivity index (χ2v) is 6.36. The van der Waals surface area contributed by atoms with E-state index >= 15 is 0 Å². The van der Waals surface area contributed by atoms with Crippen molar-refractivity contribution in [3.8, 4) is 11.5 Å². The molecule has 0 fully saturated rings. The Morgan fingerprint density at radius 3 is 2.42 bits per heavy atom. The first kappa shape index (κ1) is 16.4. The van der Waals surface area contributed by atoms with Crippen LogP contribution in [0.5, 0.6) is 11.5 Å². The van der Waals surface area contributed by atoms with E-state index in [4.69, 9.17) is 9.47 Å². The van der Waals surface area contributed by atoms with Crippen LogP contribution in [0.2, 0.25) is 0 Å². The molecule has 3 aromatic rings. The average molecular weight is 323 g/mol. The smallest absolute Gasteiger partial charge is 0.119 e. The molecule has 0 aliphatic heterocycles. The van der Waals surface area contributed by atoms with E-state index in [1.54, 1.807) is 7.11 Å². The quantitative estimate of drug-likeness (QED) is 0.555. The lowest BCUT2D eigenvalue weighted by atomic mass is 10.0. The van der Waals surface area contributed by atoms with Crippen LogP contribution >= 0.6 is 0 Å². The molecule has 0 bridgehead atoms. The normalized spacial score (nSPS) is 11.2. The molecule has 3 rings (SSSR count). The van der Waals surface area contributed by atoms with Gasteiger partial charge in [0.05, 0.1) is 13.7 Å². The predicted molar refractivity (Wildman–Crippen MR) is 99.1 cm³/mol. The molecule has 0 saturated heterocycles. The molecule has 0 aliphatic rings. The number of fused-ring (bicyclic) bond motifs is 1. The lowest BCUT2D eigenvalue weighted by Gasteiger charge is -2.09. The van der Waals surface area contributed by atoms with Crippen molar-refractivity contribution in [2.45, 2.75) is 32.7 Å². The second kappa shape index (κ2) is 7.43. The van der Waals surface area contributed by atoms with E-state index in [9.17, 15) is 0 Å². The first-order chi connectivity index (χ1) is 11.7. The molecular formula is C21H25NO2. The summed E-state index contributed by atoms with van der Waals surface area (Å²) in [4.78, 5) is 0. The van der Waals surface area contributed by atoms with Crippen molar-refractivity contribution in [3.63, 3.8) is 0 Å². The predicted octanol–water partition coefficient (Wildman–Crippen LogP) is 5.24. The molecule has 1 aromatic heterocycles. The highest BCUT2D eigenvalue weighted by atomic mass is 16.5. The monoisotopic (exact) mass is 323 g/mol. The third-order valence-corrected chi connectivity index (χ3v) is 4.33. The van der Waals surface area contributed by atoms with Crippen LogP contribution in [-0.2, 0) is 6.54 Å². The number of hydrogen-bond acceptors (Lipinski definition) is 2. The molecule has 3 nitrogen and oxygen atoms in total. The van der Waals surface area contributed by atoms with Crippen LogP contribution in [0, 0.1) is 0 Å². The summed E-state index contributed by atoms with van der Waals surface area (Å²) in [6.07, 6.45) is 3.14. The Morgan fingerprint density at radius 2 is 1.71 bits per heavy atom. The molecule has 0 atom stereocenters. The highest BCUT2D eigenvalue weighted by Gasteiger charge is 2.05. The van der Waals surface area contributed by atoms with E-state index in [0.717, 1.165) is 24.5 Å². The van der Waals surface area contributed by atoms with Crippen molar-refractivity contribution in [3.05, 3.63) is 60.3 Å². The molecule has 126 valence electrons. The Morgan fingerprint density at radius 1 is 0.958 bits per heavy atom. The average Bonchev–Trinajstić information content (AvgIpc) is 3.01. The van der Waals surface area contributed by atoms with Crippen LogP contribution in [0.25, 0.3) is 10.9 Å². The van der Waals surface area contributed by atoms with E-state index in [0.29, 0.717) is 12.5 Å². The SMILES string of the molecule is COc1ccc(OCCCn2ccc3cc(C(C)C)ccc32)cc1. The van der Waals surface area contributed by atoms with Gasteiger partial charge in [-0.05, 0) is 65.8 Å². The minimum Gasteiger partial charge on any atom is -0.497 e. The topological polar surface area (TPSA) is 23.4 Å². The number of hydrogen-bond donors (Lipinski definition) is 0. The van der Waals surface area contributed by atoms with Crippen LogP contribution < -0.4 is 9.47 Å². The highest BCUT2D eigenvalue weighted by molar-refractivity contribution is 5.81. The molecule has 24 heavy (non-hydrogen) atoms. The van der Waals surface area contributed by atoms with E-state index < -0.39 is 0 Å². The number of ether oxygens (including phenoxy) is 2. The fourth-order valence-corrected chi connectivity index (χ4v) is 2.87. The first-order valence-corrected chi connectivity index (χ1v) is 8.53. The molecule has 1 heterocycles. The second-order valence-electron chi connectivity index (χ2n) is 6.36. The zero-order valence-electron chi connectivity index (χ0n) is 14.7. The Balaban J connectivity index is 1.55. The number of aryl methyl sites for hydroxylation is 1. The summed E-state index contributed by atoms with van der Waals surface area (Å²) >= 11 is 0. The molecule has 0 radical (unpaired) electrons. The standard InChI is InChI=1S/C21H25NO2/c1-16(2)17-5-10-21-18(15-17)11-13-22(21)12-4-14-24-20-8-6-19(23-3)7-9-20/h5-11,13,15-16H,4,12,14H2,1-3H3. The van der Waals surface area contributed by atoms with Crippen molar-refractivity contribution < 1.29 is 9.47 Å². The van der Waals surface area contributed by atoms with Gasteiger partial charge in [-0.3, -0.25) is 0 Å². The third-order valence-electron chi connectivity index (χ3n) is 4.33. The maximum absolute atomic E-state index is 5.80. The number of benzene rings is 2. The summed E-state index contributed by atoms with van der Waals surface area (Å²) in [5.41, 5.74) is 2.69. The minimum atomic E-state index is 0.565. The van der Waals surface area contributed by atoms with Crippen molar-refractivity contribution >= 4 is 10.9 Å². The van der Waals surface area contributed by atoms with Gasteiger partial charge in [-0.25, -0.2) is 0 Å². The third kappa shape index (κ3) is 3.73. The largest absolute Gasteiger partial charge is 0.497 e. The number of nitrogens with zero attached hydrogens (tertiary/aromatic N) is 1. The lowest BCUT2D eigenvalue weighted by Crippen LogP contribution is -2.03. The van der Waals surface area contributed by atoms with Crippen molar-refractivity contribution in [1.82, 2.24) is 4.57 Å². The molecule has 0 aliphatic carbocycles. The Kier molecular flexibility index (Phi) is 5.09. The summed E-state index contributed by atoms with van der Waals surface area (Å²) in [6, 6.07) is 16.7. The molecule has 0 N–H and O–H groups in total. The van der Waals surface area contributed by atoms with Crippen LogP contribution in [0.1, 0.15) is 31.7 Å². The van der Waals surface area contributed by atoms with Gasteiger partial charge < -0.3 is 14.0 Å². The molecule has 0 spiro atoms. The Bertz CT molecular complexity index is 787. The van der Waals surface area contributed by atoms with Crippen LogP contribution in [0.4, 0.5) is 0 Å². The maximum Gasteiger partial charge on any atom is 0.119 e. The van der Waals surface area contributed by atoms with Gasteiger partial charge in [-0.2, -0.15) is 0 Å². The lowest BCUT2D eigenvalue weighted by molar-refractivity contribution is 0.302. The van der Waals surface area contributed by atoms with Crippen molar-refractivity contribution in [2.75, 3.05) is 13.7 Å². The summed E-state index contributed by atoms with van der Waals surface area (Å²) < 4.78 is 13.2. The van der Waals surface area contributed by atoms with Gasteiger partial charge in [0.1, 0.15) is 11.5 Å². The van der Waals surface area contributed by atoms with Crippen LogP contribution in [0.3, 0.4) is 0 Å². The summed E-state index contributed by atoms with van der Waals surface area (Å²) in [6.45, 7) is 6.13. The summed E-state index contributed by atoms with van der Waals surface area (Å²) in [5.74, 6) is 2.30. The van der Waals surface area contributed by atoms with Gasteiger partial charge in [-0.15, -0.1) is 0 Å². The molecule has 2 aromatic carbocycles. The molecular weight excluding hydrogens is 298 g/mol. The summed E-state index contributed by atoms with van der Waals surface area (Å²) in [7, 11) is 1.67. The minimum absolute atomic E-state index is 0.565. The van der Waals surface area contributed by atoms with Gasteiger partial charge in [0.25, 0.3) is 0 Å². The van der Waals surface area contributed by atoms with Crippen molar-refractivity contribution in [2.24, 2.45) is 0 Å². The molecule has 0 unspecified atom stereocenters. The number of methoxy groups -OCH3 is 1. The first-order valence-electron chi connectivity index (χ1n) is 8.53. The fraction of sp³-hybridized carbons (Fsp3) is 0.333. The zero-order chi connectivity index (χ0) is 16.9. The highest BCUT2D eigenvalue weighted by Crippen LogP contribution is 2.23. The van der Waals surface area contributed by atoms with E-state index in [2.05, 4.69) is 48.9 Å². The van der Waals surface area contributed by atoms with Crippen LogP contribution in [-0.4, -0.2) is 18.3 Å². The van der Waals surface area contributed by atoms with E-state index in [-0.39, 0.29) is 0 Å². The molecule has 3 heteroatoms. The fourth-order valence-electron chi connectivity index (χ4n) is 2.87. The van der Waals surface area contributed by atoms with Crippen molar-refractivity contribution in [1.29, 1.82) is 0 Å². The van der Waals surface area contributed by atoms with Gasteiger partial charge >= 0.3 is 0 Å². The zero-order valence-corrected chi connectivity index (χ0v) is 14.7. The Hall–Kier alpha value is -2.42. The number of aromatic nitrogens is 1. The molecule has 0 saturated carbocycles. The maximum atomic E-state index is 5.80. The van der Waals surface area contributed by atoms with E-state index in [1.165, 1.54) is 16.5 Å². The van der Waals surface area contributed by atoms with Gasteiger partial charge in [0, 0.05) is 18.3 Å². The summed E-state index contributed by atoms with van der Waals surface area (Å²) in [5, 5.41) is 1.32. The number of rotatable bonds is 7. The van der Waals surface area contributed by atoms with Gasteiger partial charge in [0.2, 0.25) is 0 Å².